The highest BCUT2D eigenvalue weighted by atomic mass is 16.6. The highest BCUT2D eigenvalue weighted by Gasteiger charge is 2.13. The molecule has 0 bridgehead atoms. The Bertz CT molecular complexity index is 800. The van der Waals surface area contributed by atoms with Crippen molar-refractivity contribution in [2.24, 2.45) is 0 Å². The molecular weight excluding hydrogens is 532 g/mol. The predicted octanol–water partition coefficient (Wildman–Crippen LogP) is 10.9. The first-order valence-corrected chi connectivity index (χ1v) is 17.2. The molecule has 43 heavy (non-hydrogen) atoms. The fourth-order valence-corrected chi connectivity index (χ4v) is 4.19. The van der Waals surface area contributed by atoms with Crippen LogP contribution in [0, 0.1) is 0 Å². The third-order valence-electron chi connectivity index (χ3n) is 6.73. The number of carbonyl (C=O) groups is 1. The quantitative estimate of drug-likeness (QED) is 0.0509. The second-order valence-electron chi connectivity index (χ2n) is 10.9. The molecule has 4 heteroatoms. The maximum atomic E-state index is 12.1. The lowest BCUT2D eigenvalue weighted by Crippen LogP contribution is -2.27. The van der Waals surface area contributed by atoms with Crippen molar-refractivity contribution < 1.29 is 19.4 Å². The van der Waals surface area contributed by atoms with E-state index < -0.39 is 6.10 Å². The Hall–Kier alpha value is -2.43. The molecule has 1 atom stereocenters. The van der Waals surface area contributed by atoms with Crippen LogP contribution < -0.4 is 0 Å². The van der Waals surface area contributed by atoms with Crippen molar-refractivity contribution in [3.8, 4) is 0 Å². The molecule has 4 nitrogen and oxygen atoms in total. The first-order chi connectivity index (χ1) is 21.2. The fourth-order valence-electron chi connectivity index (χ4n) is 4.19. The Morgan fingerprint density at radius 3 is 1.56 bits per heavy atom. The van der Waals surface area contributed by atoms with Gasteiger partial charge in [-0.25, -0.2) is 0 Å². The van der Waals surface area contributed by atoms with Crippen molar-refractivity contribution in [3.05, 3.63) is 85.1 Å². The van der Waals surface area contributed by atoms with Crippen LogP contribution in [0.1, 0.15) is 129 Å². The Morgan fingerprint density at radius 1 is 0.581 bits per heavy atom. The van der Waals surface area contributed by atoms with Crippen molar-refractivity contribution in [1.29, 1.82) is 0 Å². The summed E-state index contributed by atoms with van der Waals surface area (Å²) in [6.07, 6.45) is 49.1. The number of esters is 1. The van der Waals surface area contributed by atoms with Gasteiger partial charge in [0, 0.05) is 13.0 Å². The topological polar surface area (TPSA) is 55.8 Å². The zero-order valence-corrected chi connectivity index (χ0v) is 27.7. The number of hydrogen-bond donors (Lipinski definition) is 1. The van der Waals surface area contributed by atoms with E-state index >= 15 is 0 Å². The van der Waals surface area contributed by atoms with Gasteiger partial charge >= 0.3 is 5.97 Å². The first-order valence-electron chi connectivity index (χ1n) is 17.2. The summed E-state index contributed by atoms with van der Waals surface area (Å²) in [5, 5.41) is 9.46. The smallest absolute Gasteiger partial charge is 0.306 e. The molecule has 0 aromatic rings. The third-order valence-corrected chi connectivity index (χ3v) is 6.73. The van der Waals surface area contributed by atoms with Gasteiger partial charge in [-0.15, -0.1) is 0 Å². The molecule has 244 valence electrons. The van der Waals surface area contributed by atoms with Gasteiger partial charge in [0.2, 0.25) is 0 Å². The average molecular weight is 597 g/mol. The number of hydrogen-bond acceptors (Lipinski definition) is 4. The lowest BCUT2D eigenvalue weighted by Gasteiger charge is -2.15. The second kappa shape index (κ2) is 35.8. The van der Waals surface area contributed by atoms with E-state index in [1.54, 1.807) is 0 Å². The van der Waals surface area contributed by atoms with Gasteiger partial charge in [-0.05, 0) is 70.6 Å². The Balaban J connectivity index is 3.63. The Kier molecular flexibility index (Phi) is 33.7. The molecular formula is C39H64O4. The summed E-state index contributed by atoms with van der Waals surface area (Å²) in [4.78, 5) is 12.1. The average Bonchev–Trinajstić information content (AvgIpc) is 3.01. The molecule has 0 fully saturated rings. The molecule has 0 saturated heterocycles. The van der Waals surface area contributed by atoms with Crippen LogP contribution in [0.3, 0.4) is 0 Å². The van der Waals surface area contributed by atoms with E-state index in [9.17, 15) is 9.90 Å². The maximum absolute atomic E-state index is 12.1. The number of carbonyl (C=O) groups excluding carboxylic acids is 1. The van der Waals surface area contributed by atoms with Gasteiger partial charge < -0.3 is 14.6 Å². The lowest BCUT2D eigenvalue weighted by atomic mass is 10.1. The fraction of sp³-hybridized carbons (Fsp3) is 0.615. The highest BCUT2D eigenvalue weighted by molar-refractivity contribution is 5.69. The summed E-state index contributed by atoms with van der Waals surface area (Å²) in [5.74, 6) is -0.240. The van der Waals surface area contributed by atoms with Crippen LogP contribution in [-0.4, -0.2) is 37.0 Å². The zero-order chi connectivity index (χ0) is 31.3. The minimum Gasteiger partial charge on any atom is -0.457 e. The number of aliphatic hydroxyl groups is 1. The van der Waals surface area contributed by atoms with E-state index in [1.807, 2.05) is 0 Å². The predicted molar refractivity (Wildman–Crippen MR) is 186 cm³/mol. The van der Waals surface area contributed by atoms with Crippen LogP contribution in [0.2, 0.25) is 0 Å². The summed E-state index contributed by atoms with van der Waals surface area (Å²) in [6, 6.07) is 0. The van der Waals surface area contributed by atoms with E-state index in [0.29, 0.717) is 13.0 Å². The van der Waals surface area contributed by atoms with Gasteiger partial charge in [-0.3, -0.25) is 4.79 Å². The van der Waals surface area contributed by atoms with Gasteiger partial charge in [0.15, 0.2) is 0 Å². The van der Waals surface area contributed by atoms with Crippen molar-refractivity contribution in [3.63, 3.8) is 0 Å². The summed E-state index contributed by atoms with van der Waals surface area (Å²) in [6.45, 7) is 5.12. The number of allylic oxidation sites excluding steroid dienone is 14. The minimum absolute atomic E-state index is 0.191. The van der Waals surface area contributed by atoms with Gasteiger partial charge in [0.05, 0.1) is 13.2 Å². The van der Waals surface area contributed by atoms with Crippen molar-refractivity contribution in [1.82, 2.24) is 0 Å². The lowest BCUT2D eigenvalue weighted by molar-refractivity contribution is -0.154. The summed E-state index contributed by atoms with van der Waals surface area (Å²) in [5.41, 5.74) is 0. The van der Waals surface area contributed by atoms with E-state index in [0.717, 1.165) is 77.0 Å². The van der Waals surface area contributed by atoms with E-state index in [-0.39, 0.29) is 19.2 Å². The standard InChI is InChI=1S/C39H64O4/c1-3-5-7-9-11-12-13-14-15-16-17-18-19-20-21-22-23-24-25-26-27-28-29-30-32-34-39(41)43-38(36-40)37-42-35-33-31-10-8-6-4-2/h5,7,11-12,14-15,17-18,20-21,23-24,26-27,38,40H,3-4,6,8-10,13,16,19,22,25,28-37H2,1-2H3/b7-5-,12-11-,15-14-,18-17-,21-20-,24-23-,27-26-. The molecule has 0 radical (unpaired) electrons. The number of unbranched alkanes of at least 4 members (excludes halogenated alkanes) is 8. The molecule has 0 spiro atoms. The molecule has 1 N–H and O–H groups in total. The molecule has 0 aromatic heterocycles. The highest BCUT2D eigenvalue weighted by Crippen LogP contribution is 2.08. The van der Waals surface area contributed by atoms with Crippen LogP contribution in [0.15, 0.2) is 85.1 Å². The monoisotopic (exact) mass is 596 g/mol. The maximum Gasteiger partial charge on any atom is 0.306 e. The van der Waals surface area contributed by atoms with Crippen molar-refractivity contribution >= 4 is 5.97 Å². The normalized spacial score (nSPS) is 13.5. The molecule has 0 saturated carbocycles. The van der Waals surface area contributed by atoms with Crippen LogP contribution in [0.4, 0.5) is 0 Å². The molecule has 0 aliphatic carbocycles. The van der Waals surface area contributed by atoms with Gasteiger partial charge in [-0.2, -0.15) is 0 Å². The summed E-state index contributed by atoms with van der Waals surface area (Å²) in [7, 11) is 0. The zero-order valence-electron chi connectivity index (χ0n) is 27.7. The Morgan fingerprint density at radius 2 is 1.05 bits per heavy atom. The second-order valence-corrected chi connectivity index (χ2v) is 10.9. The molecule has 0 amide bonds. The van der Waals surface area contributed by atoms with E-state index in [4.69, 9.17) is 9.47 Å². The van der Waals surface area contributed by atoms with Gasteiger partial charge in [-0.1, -0.05) is 137 Å². The molecule has 0 rings (SSSR count). The van der Waals surface area contributed by atoms with E-state index in [1.165, 1.54) is 32.1 Å². The van der Waals surface area contributed by atoms with Crippen LogP contribution in [0.25, 0.3) is 0 Å². The van der Waals surface area contributed by atoms with E-state index in [2.05, 4.69) is 98.9 Å². The summed E-state index contributed by atoms with van der Waals surface area (Å²) < 4.78 is 11.0. The molecule has 1 unspecified atom stereocenters. The third kappa shape index (κ3) is 33.9. The van der Waals surface area contributed by atoms with Gasteiger partial charge in [0.25, 0.3) is 0 Å². The first kappa shape index (κ1) is 40.6. The Labute approximate surface area is 265 Å². The molecule has 0 heterocycles. The van der Waals surface area contributed by atoms with Crippen LogP contribution in [-0.2, 0) is 14.3 Å². The summed E-state index contributed by atoms with van der Waals surface area (Å²) >= 11 is 0. The number of aliphatic hydroxyl groups excluding tert-OH is 1. The number of rotatable bonds is 30. The van der Waals surface area contributed by atoms with Crippen LogP contribution >= 0.6 is 0 Å². The SMILES string of the molecule is CC/C=C\C/C=C\C/C=C\C/C=C\C/C=C\C/C=C\C/C=C\CCCCCC(=O)OC(CO)COCCCCCCCC. The molecule has 0 aliphatic heterocycles. The number of ether oxygens (including phenoxy) is 2. The van der Waals surface area contributed by atoms with Crippen molar-refractivity contribution in [2.45, 2.75) is 136 Å². The molecule has 0 aliphatic rings. The van der Waals surface area contributed by atoms with Crippen molar-refractivity contribution in [2.75, 3.05) is 19.8 Å². The van der Waals surface area contributed by atoms with Crippen LogP contribution in [0.5, 0.6) is 0 Å². The molecule has 0 aromatic carbocycles. The minimum atomic E-state index is -0.551. The largest absolute Gasteiger partial charge is 0.457 e. The van der Waals surface area contributed by atoms with Gasteiger partial charge in [0.1, 0.15) is 6.10 Å².